The Morgan fingerprint density at radius 1 is 1.14 bits per heavy atom. The molecule has 1 aliphatic heterocycles. The van der Waals surface area contributed by atoms with Crippen LogP contribution in [0.3, 0.4) is 0 Å². The molecule has 4 nitrogen and oxygen atoms in total. The fourth-order valence-corrected chi connectivity index (χ4v) is 2.78. The van der Waals surface area contributed by atoms with Crippen LogP contribution in [0.1, 0.15) is 11.1 Å². The van der Waals surface area contributed by atoms with E-state index >= 15 is 0 Å². The third-order valence-corrected chi connectivity index (χ3v) is 3.86. The fraction of sp³-hybridized carbons (Fsp3) is 0.176. The summed E-state index contributed by atoms with van der Waals surface area (Å²) >= 11 is 0. The largest absolute Gasteiger partial charge is 0.369 e. The van der Waals surface area contributed by atoms with Crippen molar-refractivity contribution in [2.24, 2.45) is 0 Å². The highest BCUT2D eigenvalue weighted by molar-refractivity contribution is 5.72. The van der Waals surface area contributed by atoms with Gasteiger partial charge in [-0.05, 0) is 37.6 Å². The van der Waals surface area contributed by atoms with Gasteiger partial charge in [-0.15, -0.1) is 0 Å². The molecule has 0 fully saturated rings. The van der Waals surface area contributed by atoms with Gasteiger partial charge in [-0.3, -0.25) is 4.98 Å². The van der Waals surface area contributed by atoms with Crippen LogP contribution >= 0.6 is 0 Å². The number of pyridine rings is 1. The van der Waals surface area contributed by atoms with Crippen LogP contribution in [0.4, 0.5) is 5.82 Å². The minimum absolute atomic E-state index is 0.965. The quantitative estimate of drug-likeness (QED) is 0.781. The molecule has 1 N–H and O–H groups in total. The second-order valence-electron chi connectivity index (χ2n) is 5.34. The lowest BCUT2D eigenvalue weighted by Gasteiger charge is -2.06. The fourth-order valence-electron chi connectivity index (χ4n) is 2.78. The van der Waals surface area contributed by atoms with Crippen molar-refractivity contribution in [2.45, 2.75) is 13.3 Å². The molecule has 3 heterocycles. The molecule has 0 saturated heterocycles. The third-order valence-electron chi connectivity index (χ3n) is 3.86. The average molecular weight is 276 g/mol. The van der Waals surface area contributed by atoms with Crippen molar-refractivity contribution in [3.63, 3.8) is 0 Å². The Kier molecular flexibility index (Phi) is 2.74. The Labute approximate surface area is 123 Å². The molecule has 2 aromatic heterocycles. The van der Waals surface area contributed by atoms with Crippen LogP contribution in [0.5, 0.6) is 0 Å². The molecule has 3 aromatic rings. The topological polar surface area (TPSA) is 42.7 Å². The van der Waals surface area contributed by atoms with E-state index in [0.717, 1.165) is 35.7 Å². The molecule has 104 valence electrons. The number of hydrogen-bond acceptors (Lipinski definition) is 3. The maximum atomic E-state index is 4.82. The summed E-state index contributed by atoms with van der Waals surface area (Å²) in [6.45, 7) is 3.06. The van der Waals surface area contributed by atoms with E-state index in [9.17, 15) is 0 Å². The molecule has 0 spiro atoms. The predicted molar refractivity (Wildman–Crippen MR) is 83.7 cm³/mol. The lowest BCUT2D eigenvalue weighted by molar-refractivity contribution is 0.881. The molecule has 1 aromatic carbocycles. The van der Waals surface area contributed by atoms with Crippen LogP contribution in [0.2, 0.25) is 0 Å². The van der Waals surface area contributed by atoms with Gasteiger partial charge in [0.2, 0.25) is 0 Å². The van der Waals surface area contributed by atoms with Gasteiger partial charge in [-0.25, -0.2) is 4.68 Å². The van der Waals surface area contributed by atoms with Crippen LogP contribution in [-0.2, 0) is 6.42 Å². The lowest BCUT2D eigenvalue weighted by Crippen LogP contribution is -2.04. The maximum absolute atomic E-state index is 4.82. The zero-order chi connectivity index (χ0) is 14.2. The molecule has 4 heteroatoms. The summed E-state index contributed by atoms with van der Waals surface area (Å²) < 4.78 is 2.00. The van der Waals surface area contributed by atoms with Crippen molar-refractivity contribution in [3.05, 3.63) is 59.9 Å². The Hall–Kier alpha value is -2.62. The number of anilines is 1. The summed E-state index contributed by atoms with van der Waals surface area (Å²) in [6, 6.07) is 12.5. The number of rotatable bonds is 2. The Balaban J connectivity index is 1.88. The van der Waals surface area contributed by atoms with Gasteiger partial charge in [-0.1, -0.05) is 17.7 Å². The van der Waals surface area contributed by atoms with Crippen LogP contribution in [0.25, 0.3) is 16.9 Å². The Bertz CT molecular complexity index is 773. The van der Waals surface area contributed by atoms with Crippen LogP contribution in [0.15, 0.2) is 48.8 Å². The first-order valence-corrected chi connectivity index (χ1v) is 7.16. The molecule has 1 aliphatic rings. The highest BCUT2D eigenvalue weighted by Gasteiger charge is 2.23. The van der Waals surface area contributed by atoms with Crippen molar-refractivity contribution in [3.8, 4) is 16.9 Å². The van der Waals surface area contributed by atoms with Gasteiger partial charge in [0.1, 0.15) is 5.82 Å². The van der Waals surface area contributed by atoms with E-state index in [1.807, 2.05) is 16.9 Å². The molecule has 0 radical (unpaired) electrons. The number of nitrogens with one attached hydrogen (secondary N) is 1. The minimum Gasteiger partial charge on any atom is -0.369 e. The molecule has 0 amide bonds. The molecule has 0 aliphatic carbocycles. The van der Waals surface area contributed by atoms with Crippen LogP contribution in [-0.4, -0.2) is 21.3 Å². The molecule has 0 unspecified atom stereocenters. The monoisotopic (exact) mass is 276 g/mol. The number of nitrogens with zero attached hydrogens (tertiary/aromatic N) is 3. The van der Waals surface area contributed by atoms with Gasteiger partial charge >= 0.3 is 0 Å². The van der Waals surface area contributed by atoms with E-state index in [0.29, 0.717) is 0 Å². The van der Waals surface area contributed by atoms with Gasteiger partial charge in [0, 0.05) is 30.1 Å². The van der Waals surface area contributed by atoms with Crippen molar-refractivity contribution < 1.29 is 0 Å². The molecule has 0 bridgehead atoms. The number of fused-ring (bicyclic) bond motifs is 1. The highest BCUT2D eigenvalue weighted by atomic mass is 15.3. The summed E-state index contributed by atoms with van der Waals surface area (Å²) in [7, 11) is 0. The first-order valence-electron chi connectivity index (χ1n) is 7.16. The number of aromatic nitrogens is 3. The Morgan fingerprint density at radius 3 is 2.76 bits per heavy atom. The lowest BCUT2D eigenvalue weighted by atomic mass is 10.1. The van der Waals surface area contributed by atoms with Crippen LogP contribution in [0, 0.1) is 6.92 Å². The van der Waals surface area contributed by atoms with Gasteiger partial charge in [-0.2, -0.15) is 5.10 Å². The Morgan fingerprint density at radius 2 is 2.00 bits per heavy atom. The SMILES string of the molecule is Cc1ccc(-n2nc(-c3cccnc3)c3c2NCC3)cc1. The molecule has 21 heavy (non-hydrogen) atoms. The zero-order valence-electron chi connectivity index (χ0n) is 11.9. The van der Waals surface area contributed by atoms with Crippen molar-refractivity contribution >= 4 is 5.82 Å². The predicted octanol–water partition coefficient (Wildman–Crippen LogP) is 3.21. The second kappa shape index (κ2) is 4.74. The van der Waals surface area contributed by atoms with Gasteiger partial charge in [0.15, 0.2) is 0 Å². The van der Waals surface area contributed by atoms with E-state index in [1.54, 1.807) is 6.20 Å². The molecule has 0 atom stereocenters. The second-order valence-corrected chi connectivity index (χ2v) is 5.34. The standard InChI is InChI=1S/C17H16N4/c1-12-4-6-14(7-5-12)21-17-15(8-10-19-17)16(20-21)13-3-2-9-18-11-13/h2-7,9,11,19H,8,10H2,1H3. The summed E-state index contributed by atoms with van der Waals surface area (Å²) in [5.74, 6) is 1.11. The molecule has 0 saturated carbocycles. The minimum atomic E-state index is 0.965. The van der Waals surface area contributed by atoms with E-state index < -0.39 is 0 Å². The molecular formula is C17H16N4. The molecular weight excluding hydrogens is 260 g/mol. The first kappa shape index (κ1) is 12.1. The summed E-state index contributed by atoms with van der Waals surface area (Å²) in [5.41, 5.74) is 5.72. The van der Waals surface area contributed by atoms with E-state index in [2.05, 4.69) is 47.6 Å². The van der Waals surface area contributed by atoms with Crippen molar-refractivity contribution in [2.75, 3.05) is 11.9 Å². The molecule has 4 rings (SSSR count). The van der Waals surface area contributed by atoms with Gasteiger partial charge < -0.3 is 5.32 Å². The van der Waals surface area contributed by atoms with Gasteiger partial charge in [0.05, 0.1) is 11.4 Å². The van der Waals surface area contributed by atoms with E-state index in [4.69, 9.17) is 5.10 Å². The normalized spacial score (nSPS) is 13.0. The van der Waals surface area contributed by atoms with E-state index in [1.165, 1.54) is 11.1 Å². The summed E-state index contributed by atoms with van der Waals surface area (Å²) in [5, 5.41) is 8.27. The maximum Gasteiger partial charge on any atom is 0.133 e. The van der Waals surface area contributed by atoms with Crippen molar-refractivity contribution in [1.82, 2.24) is 14.8 Å². The van der Waals surface area contributed by atoms with Gasteiger partial charge in [0.25, 0.3) is 0 Å². The number of aryl methyl sites for hydroxylation is 1. The number of hydrogen-bond donors (Lipinski definition) is 1. The van der Waals surface area contributed by atoms with Crippen molar-refractivity contribution in [1.29, 1.82) is 0 Å². The first-order chi connectivity index (χ1) is 10.3. The summed E-state index contributed by atoms with van der Waals surface area (Å²) in [4.78, 5) is 4.21. The number of benzene rings is 1. The average Bonchev–Trinajstić information content (AvgIpc) is 3.11. The summed E-state index contributed by atoms with van der Waals surface area (Å²) in [6.07, 6.45) is 4.67. The smallest absolute Gasteiger partial charge is 0.133 e. The van der Waals surface area contributed by atoms with Crippen LogP contribution < -0.4 is 5.32 Å². The zero-order valence-corrected chi connectivity index (χ0v) is 11.9. The third kappa shape index (κ3) is 2.00. The highest BCUT2D eigenvalue weighted by Crippen LogP contribution is 2.34. The van der Waals surface area contributed by atoms with E-state index in [-0.39, 0.29) is 0 Å².